The van der Waals surface area contributed by atoms with E-state index in [1.807, 2.05) is 42.6 Å². The number of thiazole rings is 1. The largest absolute Gasteiger partial charge is 0.394 e. The molecule has 4 N–H and O–H groups in total. The summed E-state index contributed by atoms with van der Waals surface area (Å²) < 4.78 is 0. The highest BCUT2D eigenvalue weighted by atomic mass is 32.1. The second-order valence-corrected chi connectivity index (χ2v) is 9.53. The standard InChI is InChI=1S/C28H26N6O2S/c1-17-8-10-20(11-9-17)24-16-37-28(32-24)34-27-30-13-18(2)25(33-27)21-12-22(29-14-21)26(36)31-23(15-35)19-6-4-3-5-7-19/h3-14,16,23,29,35H,15H2,1-2H3,(H,31,36)(H,30,32,33,34)/t23-/m1/s1. The predicted molar refractivity (Wildman–Crippen MR) is 146 cm³/mol. The first-order valence-electron chi connectivity index (χ1n) is 11.8. The maximum Gasteiger partial charge on any atom is 0.268 e. The first-order chi connectivity index (χ1) is 18.0. The third-order valence-electron chi connectivity index (χ3n) is 5.93. The minimum absolute atomic E-state index is 0.203. The Hall–Kier alpha value is -4.34. The van der Waals surface area contributed by atoms with E-state index in [1.165, 1.54) is 16.9 Å². The van der Waals surface area contributed by atoms with E-state index in [-0.39, 0.29) is 12.5 Å². The molecule has 0 unspecified atom stereocenters. The molecular formula is C28H26N6O2S. The fourth-order valence-corrected chi connectivity index (χ4v) is 4.61. The number of hydrogen-bond donors (Lipinski definition) is 4. The highest BCUT2D eigenvalue weighted by Gasteiger charge is 2.18. The Kier molecular flexibility index (Phi) is 7.07. The van der Waals surface area contributed by atoms with Gasteiger partial charge in [0.1, 0.15) is 5.69 Å². The lowest BCUT2D eigenvalue weighted by molar-refractivity contribution is 0.0911. The Morgan fingerprint density at radius 1 is 1.05 bits per heavy atom. The van der Waals surface area contributed by atoms with Crippen molar-refractivity contribution in [3.8, 4) is 22.5 Å². The van der Waals surface area contributed by atoms with Gasteiger partial charge in [-0.2, -0.15) is 0 Å². The maximum absolute atomic E-state index is 12.9. The monoisotopic (exact) mass is 510 g/mol. The molecule has 1 atom stereocenters. The molecule has 2 aromatic carbocycles. The van der Waals surface area contributed by atoms with Crippen LogP contribution in [0.4, 0.5) is 11.1 Å². The van der Waals surface area contributed by atoms with Crippen molar-refractivity contribution in [1.29, 1.82) is 0 Å². The molecule has 0 aliphatic carbocycles. The SMILES string of the molecule is Cc1ccc(-c2csc(Nc3ncc(C)c(-c4c[nH]c(C(=O)N[C@H](CO)c5ccccc5)c4)n3)n2)cc1. The van der Waals surface area contributed by atoms with Crippen LogP contribution in [0.3, 0.4) is 0 Å². The highest BCUT2D eigenvalue weighted by molar-refractivity contribution is 7.14. The van der Waals surface area contributed by atoms with E-state index < -0.39 is 6.04 Å². The van der Waals surface area contributed by atoms with Gasteiger partial charge in [-0.3, -0.25) is 4.79 Å². The lowest BCUT2D eigenvalue weighted by atomic mass is 10.1. The number of nitrogens with zero attached hydrogens (tertiary/aromatic N) is 3. The summed E-state index contributed by atoms with van der Waals surface area (Å²) in [6.07, 6.45) is 3.48. The smallest absolute Gasteiger partial charge is 0.268 e. The fourth-order valence-electron chi connectivity index (χ4n) is 3.90. The van der Waals surface area contributed by atoms with Crippen LogP contribution < -0.4 is 10.6 Å². The van der Waals surface area contributed by atoms with Crippen molar-refractivity contribution in [2.24, 2.45) is 0 Å². The van der Waals surface area contributed by atoms with E-state index in [4.69, 9.17) is 0 Å². The molecule has 186 valence electrons. The first kappa shape index (κ1) is 24.4. The number of carbonyl (C=O) groups excluding carboxylic acids is 1. The quantitative estimate of drug-likeness (QED) is 0.222. The van der Waals surface area contributed by atoms with Crippen molar-refractivity contribution >= 4 is 28.3 Å². The van der Waals surface area contributed by atoms with Crippen molar-refractivity contribution in [3.63, 3.8) is 0 Å². The van der Waals surface area contributed by atoms with Gasteiger partial charge in [-0.25, -0.2) is 15.0 Å². The molecule has 0 saturated heterocycles. The fraction of sp³-hybridized carbons (Fsp3) is 0.143. The van der Waals surface area contributed by atoms with Crippen molar-refractivity contribution in [2.45, 2.75) is 19.9 Å². The number of amides is 1. The second kappa shape index (κ2) is 10.7. The van der Waals surface area contributed by atoms with Crippen molar-refractivity contribution in [1.82, 2.24) is 25.3 Å². The summed E-state index contributed by atoms with van der Waals surface area (Å²) in [5, 5.41) is 18.5. The maximum atomic E-state index is 12.9. The number of H-pyrrole nitrogens is 1. The molecule has 5 rings (SSSR count). The van der Waals surface area contributed by atoms with Gasteiger partial charge in [-0.05, 0) is 31.0 Å². The van der Waals surface area contributed by atoms with E-state index in [0.29, 0.717) is 22.5 Å². The Bertz CT molecular complexity index is 1510. The van der Waals surface area contributed by atoms with Crippen molar-refractivity contribution < 1.29 is 9.90 Å². The van der Waals surface area contributed by atoms with Crippen LogP contribution in [0.25, 0.3) is 22.5 Å². The van der Waals surface area contributed by atoms with Gasteiger partial charge < -0.3 is 20.7 Å². The summed E-state index contributed by atoms with van der Waals surface area (Å²) in [6.45, 7) is 3.77. The molecule has 0 fully saturated rings. The summed E-state index contributed by atoms with van der Waals surface area (Å²) in [7, 11) is 0. The minimum atomic E-state index is -0.500. The summed E-state index contributed by atoms with van der Waals surface area (Å²) in [5.74, 6) is 0.104. The third-order valence-corrected chi connectivity index (χ3v) is 6.69. The Morgan fingerprint density at radius 2 is 1.84 bits per heavy atom. The molecule has 0 saturated carbocycles. The molecule has 0 aliphatic heterocycles. The number of aliphatic hydroxyl groups is 1. The van der Waals surface area contributed by atoms with Gasteiger partial charge in [0.2, 0.25) is 5.95 Å². The number of aromatic amines is 1. The molecule has 0 bridgehead atoms. The second-order valence-electron chi connectivity index (χ2n) is 8.68. The van der Waals surface area contributed by atoms with Crippen LogP contribution in [-0.2, 0) is 0 Å². The average Bonchev–Trinajstić information content (AvgIpc) is 3.60. The number of carbonyl (C=O) groups is 1. The minimum Gasteiger partial charge on any atom is -0.394 e. The molecule has 3 aromatic heterocycles. The molecule has 0 aliphatic rings. The van der Waals surface area contributed by atoms with Crippen LogP contribution in [0, 0.1) is 13.8 Å². The van der Waals surface area contributed by atoms with Crippen LogP contribution in [-0.4, -0.2) is 37.6 Å². The number of rotatable bonds is 8. The number of hydrogen-bond acceptors (Lipinski definition) is 7. The van der Waals surface area contributed by atoms with E-state index in [2.05, 4.69) is 61.8 Å². The zero-order valence-corrected chi connectivity index (χ0v) is 21.2. The van der Waals surface area contributed by atoms with Gasteiger partial charge in [0.25, 0.3) is 5.91 Å². The van der Waals surface area contributed by atoms with Gasteiger partial charge in [0.15, 0.2) is 5.13 Å². The Labute approximate surface area is 218 Å². The van der Waals surface area contributed by atoms with Crippen LogP contribution in [0.5, 0.6) is 0 Å². The Balaban J connectivity index is 1.31. The van der Waals surface area contributed by atoms with Gasteiger partial charge in [0.05, 0.1) is 24.0 Å². The zero-order valence-electron chi connectivity index (χ0n) is 20.4. The van der Waals surface area contributed by atoms with Gasteiger partial charge in [0, 0.05) is 28.9 Å². The van der Waals surface area contributed by atoms with E-state index >= 15 is 0 Å². The lowest BCUT2D eigenvalue weighted by Gasteiger charge is -2.16. The zero-order chi connectivity index (χ0) is 25.8. The van der Waals surface area contributed by atoms with Crippen LogP contribution >= 0.6 is 11.3 Å². The van der Waals surface area contributed by atoms with Gasteiger partial charge in [-0.15, -0.1) is 11.3 Å². The molecule has 3 heterocycles. The van der Waals surface area contributed by atoms with Gasteiger partial charge in [-0.1, -0.05) is 60.2 Å². The average molecular weight is 511 g/mol. The molecular weight excluding hydrogens is 484 g/mol. The summed E-state index contributed by atoms with van der Waals surface area (Å²) in [4.78, 5) is 29.6. The van der Waals surface area contributed by atoms with E-state index in [9.17, 15) is 9.90 Å². The first-order valence-corrected chi connectivity index (χ1v) is 12.7. The van der Waals surface area contributed by atoms with Crippen LogP contribution in [0.1, 0.15) is 33.2 Å². The normalized spacial score (nSPS) is 11.8. The number of aryl methyl sites for hydroxylation is 2. The summed E-state index contributed by atoms with van der Waals surface area (Å²) >= 11 is 1.48. The molecule has 5 aromatic rings. The molecule has 0 radical (unpaired) electrons. The lowest BCUT2D eigenvalue weighted by Crippen LogP contribution is -2.30. The molecule has 37 heavy (non-hydrogen) atoms. The molecule has 0 spiro atoms. The number of aliphatic hydroxyl groups excluding tert-OH is 1. The topological polar surface area (TPSA) is 116 Å². The highest BCUT2D eigenvalue weighted by Crippen LogP contribution is 2.28. The predicted octanol–water partition coefficient (Wildman–Crippen LogP) is 5.42. The van der Waals surface area contributed by atoms with Crippen LogP contribution in [0.15, 0.2) is 78.4 Å². The van der Waals surface area contributed by atoms with Crippen molar-refractivity contribution in [2.75, 3.05) is 11.9 Å². The van der Waals surface area contributed by atoms with E-state index in [0.717, 1.165) is 27.9 Å². The molecule has 8 nitrogen and oxygen atoms in total. The Morgan fingerprint density at radius 3 is 2.59 bits per heavy atom. The summed E-state index contributed by atoms with van der Waals surface area (Å²) in [6, 6.07) is 18.8. The van der Waals surface area contributed by atoms with Crippen LogP contribution in [0.2, 0.25) is 0 Å². The van der Waals surface area contributed by atoms with Gasteiger partial charge >= 0.3 is 0 Å². The van der Waals surface area contributed by atoms with Crippen molar-refractivity contribution in [3.05, 3.63) is 101 Å². The number of nitrogens with one attached hydrogen (secondary N) is 3. The third kappa shape index (κ3) is 5.58. The number of aromatic nitrogens is 4. The van der Waals surface area contributed by atoms with E-state index in [1.54, 1.807) is 18.5 Å². The summed E-state index contributed by atoms with van der Waals surface area (Å²) in [5.41, 5.74) is 6.67. The number of anilines is 2. The molecule has 1 amide bonds. The number of benzene rings is 2. The molecule has 9 heteroatoms.